The summed E-state index contributed by atoms with van der Waals surface area (Å²) in [4.78, 5) is 23.5. The predicted octanol–water partition coefficient (Wildman–Crippen LogP) is 3.24. The van der Waals surface area contributed by atoms with Crippen molar-refractivity contribution in [3.8, 4) is 5.75 Å². The lowest BCUT2D eigenvalue weighted by Gasteiger charge is -2.31. The Kier molecular flexibility index (Phi) is 5.64. The molecule has 0 bridgehead atoms. The molecule has 0 aromatic heterocycles. The quantitative estimate of drug-likeness (QED) is 0.732. The van der Waals surface area contributed by atoms with E-state index >= 15 is 0 Å². The molecule has 0 spiro atoms. The zero-order chi connectivity index (χ0) is 16.9. The van der Waals surface area contributed by atoms with Crippen molar-refractivity contribution >= 4 is 11.9 Å². The van der Waals surface area contributed by atoms with Crippen LogP contribution in [-0.2, 0) is 4.79 Å². The molecule has 1 aromatic carbocycles. The monoisotopic (exact) mass is 319 g/mol. The molecule has 5 heteroatoms. The number of carboxylic acid groups (broad SMARTS) is 1. The van der Waals surface area contributed by atoms with E-state index in [1.54, 1.807) is 24.3 Å². The SMILES string of the molecule is CCC(CC)(CC(=O)O)NC(=O)c1ccc(OCC2CC2)cc1. The van der Waals surface area contributed by atoms with Gasteiger partial charge in [-0.05, 0) is 55.9 Å². The first kappa shape index (κ1) is 17.3. The number of benzene rings is 1. The molecule has 0 heterocycles. The molecule has 5 nitrogen and oxygen atoms in total. The molecule has 0 radical (unpaired) electrons. The first-order valence-corrected chi connectivity index (χ1v) is 8.25. The number of carboxylic acids is 1. The molecule has 2 N–H and O–H groups in total. The summed E-state index contributed by atoms with van der Waals surface area (Å²) >= 11 is 0. The number of nitrogens with one attached hydrogen (secondary N) is 1. The normalized spacial score (nSPS) is 14.3. The molecule has 1 saturated carbocycles. The molecule has 126 valence electrons. The van der Waals surface area contributed by atoms with E-state index in [1.165, 1.54) is 12.8 Å². The van der Waals surface area contributed by atoms with Gasteiger partial charge in [-0.1, -0.05) is 13.8 Å². The average molecular weight is 319 g/mol. The van der Waals surface area contributed by atoms with Gasteiger partial charge in [0.15, 0.2) is 0 Å². The second-order valence-electron chi connectivity index (χ2n) is 6.29. The number of rotatable bonds is 9. The number of hydrogen-bond acceptors (Lipinski definition) is 3. The van der Waals surface area contributed by atoms with Gasteiger partial charge in [0.2, 0.25) is 0 Å². The summed E-state index contributed by atoms with van der Waals surface area (Å²) in [6, 6.07) is 7.00. The molecule has 0 saturated heterocycles. The highest BCUT2D eigenvalue weighted by molar-refractivity contribution is 5.95. The second kappa shape index (κ2) is 7.49. The fourth-order valence-corrected chi connectivity index (χ4v) is 2.52. The van der Waals surface area contributed by atoms with Gasteiger partial charge in [-0.3, -0.25) is 9.59 Å². The van der Waals surface area contributed by atoms with Crippen LogP contribution in [0.3, 0.4) is 0 Å². The Morgan fingerprint density at radius 3 is 2.30 bits per heavy atom. The Labute approximate surface area is 137 Å². The minimum atomic E-state index is -0.905. The molecular weight excluding hydrogens is 294 g/mol. The minimum Gasteiger partial charge on any atom is -0.493 e. The zero-order valence-electron chi connectivity index (χ0n) is 13.8. The molecule has 1 aliphatic rings. The maximum absolute atomic E-state index is 12.4. The minimum absolute atomic E-state index is 0.0751. The smallest absolute Gasteiger partial charge is 0.305 e. The van der Waals surface area contributed by atoms with Crippen LogP contribution < -0.4 is 10.1 Å². The highest BCUT2D eigenvalue weighted by atomic mass is 16.5. The van der Waals surface area contributed by atoms with Crippen LogP contribution in [0.25, 0.3) is 0 Å². The van der Waals surface area contributed by atoms with Crippen molar-refractivity contribution < 1.29 is 19.4 Å². The van der Waals surface area contributed by atoms with Crippen LogP contribution in [-0.4, -0.2) is 29.1 Å². The van der Waals surface area contributed by atoms with Crippen LogP contribution >= 0.6 is 0 Å². The van der Waals surface area contributed by atoms with E-state index < -0.39 is 11.5 Å². The number of amides is 1. The highest BCUT2D eigenvalue weighted by Crippen LogP contribution is 2.29. The highest BCUT2D eigenvalue weighted by Gasteiger charge is 2.31. The maximum atomic E-state index is 12.4. The predicted molar refractivity (Wildman–Crippen MR) is 87.7 cm³/mol. The van der Waals surface area contributed by atoms with Gasteiger partial charge in [-0.25, -0.2) is 0 Å². The molecule has 0 aliphatic heterocycles. The molecule has 2 rings (SSSR count). The number of aliphatic carboxylic acids is 1. The molecule has 0 unspecified atom stereocenters. The van der Waals surface area contributed by atoms with Crippen molar-refractivity contribution in [2.75, 3.05) is 6.61 Å². The van der Waals surface area contributed by atoms with Gasteiger partial charge < -0.3 is 15.2 Å². The molecule has 1 aromatic rings. The number of hydrogen-bond donors (Lipinski definition) is 2. The van der Waals surface area contributed by atoms with E-state index in [2.05, 4.69) is 5.32 Å². The lowest BCUT2D eigenvalue weighted by molar-refractivity contribution is -0.138. The summed E-state index contributed by atoms with van der Waals surface area (Å²) < 4.78 is 5.65. The van der Waals surface area contributed by atoms with E-state index in [9.17, 15) is 9.59 Å². The van der Waals surface area contributed by atoms with Crippen molar-refractivity contribution in [2.45, 2.75) is 51.5 Å². The van der Waals surface area contributed by atoms with E-state index in [0.717, 1.165) is 12.4 Å². The fraction of sp³-hybridized carbons (Fsp3) is 0.556. The van der Waals surface area contributed by atoms with Crippen LogP contribution in [0.1, 0.15) is 56.3 Å². The van der Waals surface area contributed by atoms with Gasteiger partial charge in [-0.2, -0.15) is 0 Å². The Bertz CT molecular complexity index is 545. The summed E-state index contributed by atoms with van der Waals surface area (Å²) in [7, 11) is 0. The lowest BCUT2D eigenvalue weighted by Crippen LogP contribution is -2.49. The van der Waals surface area contributed by atoms with Gasteiger partial charge in [0.1, 0.15) is 5.75 Å². The lowest BCUT2D eigenvalue weighted by atomic mass is 9.88. The fourth-order valence-electron chi connectivity index (χ4n) is 2.52. The molecule has 23 heavy (non-hydrogen) atoms. The standard InChI is InChI=1S/C18H25NO4/c1-3-18(4-2,11-16(20)21)19-17(22)14-7-9-15(10-8-14)23-12-13-5-6-13/h7-10,13H,3-6,11-12H2,1-2H3,(H,19,22)(H,20,21). The number of carbonyl (C=O) groups excluding carboxylic acids is 1. The van der Waals surface area contributed by atoms with Crippen molar-refractivity contribution in [3.05, 3.63) is 29.8 Å². The van der Waals surface area contributed by atoms with Crippen LogP contribution in [0.2, 0.25) is 0 Å². The molecule has 1 fully saturated rings. The Morgan fingerprint density at radius 1 is 1.22 bits per heavy atom. The molecular formula is C18H25NO4. The van der Waals surface area contributed by atoms with Crippen molar-refractivity contribution in [1.82, 2.24) is 5.32 Å². The molecule has 0 atom stereocenters. The third-order valence-corrected chi connectivity index (χ3v) is 4.52. The number of carbonyl (C=O) groups is 2. The van der Waals surface area contributed by atoms with E-state index in [0.29, 0.717) is 24.3 Å². The maximum Gasteiger partial charge on any atom is 0.305 e. The summed E-state index contributed by atoms with van der Waals surface area (Å²) in [5.74, 6) is 0.293. The van der Waals surface area contributed by atoms with Crippen LogP contribution in [0, 0.1) is 5.92 Å². The van der Waals surface area contributed by atoms with Gasteiger partial charge in [-0.15, -0.1) is 0 Å². The first-order chi connectivity index (χ1) is 11.0. The summed E-state index contributed by atoms with van der Waals surface area (Å²) in [6.45, 7) is 4.52. The summed E-state index contributed by atoms with van der Waals surface area (Å²) in [6.07, 6.45) is 3.54. The van der Waals surface area contributed by atoms with E-state index in [-0.39, 0.29) is 12.3 Å². The Balaban J connectivity index is 1.98. The van der Waals surface area contributed by atoms with Crippen molar-refractivity contribution in [1.29, 1.82) is 0 Å². The second-order valence-corrected chi connectivity index (χ2v) is 6.29. The van der Waals surface area contributed by atoms with Crippen LogP contribution in [0.15, 0.2) is 24.3 Å². The molecule has 1 amide bonds. The van der Waals surface area contributed by atoms with E-state index in [4.69, 9.17) is 9.84 Å². The third-order valence-electron chi connectivity index (χ3n) is 4.52. The van der Waals surface area contributed by atoms with Crippen LogP contribution in [0.4, 0.5) is 0 Å². The summed E-state index contributed by atoms with van der Waals surface area (Å²) in [5.41, 5.74) is -0.190. The molecule has 1 aliphatic carbocycles. The summed E-state index contributed by atoms with van der Waals surface area (Å²) in [5, 5.41) is 12.0. The van der Waals surface area contributed by atoms with E-state index in [1.807, 2.05) is 13.8 Å². The Morgan fingerprint density at radius 2 is 1.83 bits per heavy atom. The zero-order valence-corrected chi connectivity index (χ0v) is 13.8. The van der Waals surface area contributed by atoms with Crippen molar-refractivity contribution in [3.63, 3.8) is 0 Å². The first-order valence-electron chi connectivity index (χ1n) is 8.25. The number of ether oxygens (including phenoxy) is 1. The van der Waals surface area contributed by atoms with Crippen LogP contribution in [0.5, 0.6) is 5.75 Å². The Hall–Kier alpha value is -2.04. The van der Waals surface area contributed by atoms with Gasteiger partial charge in [0.25, 0.3) is 5.91 Å². The third kappa shape index (κ3) is 4.98. The van der Waals surface area contributed by atoms with Gasteiger partial charge in [0, 0.05) is 5.56 Å². The topological polar surface area (TPSA) is 75.6 Å². The largest absolute Gasteiger partial charge is 0.493 e. The van der Waals surface area contributed by atoms with Crippen molar-refractivity contribution in [2.24, 2.45) is 5.92 Å². The average Bonchev–Trinajstić information content (AvgIpc) is 3.36. The van der Waals surface area contributed by atoms with Gasteiger partial charge >= 0.3 is 5.97 Å². The van der Waals surface area contributed by atoms with Gasteiger partial charge in [0.05, 0.1) is 18.6 Å².